The number of carbonyl (C=O) groups is 2. The predicted molar refractivity (Wildman–Crippen MR) is 113 cm³/mol. The Hall–Kier alpha value is -2.27. The van der Waals surface area contributed by atoms with E-state index in [-0.39, 0.29) is 22.2 Å². The van der Waals surface area contributed by atoms with E-state index in [4.69, 9.17) is 34.8 Å². The SMILES string of the molecule is Cn1cc(CCN2C(=O)C(Cl)=C(c3ccc(Cl)cc3Cl)C2=O)c2ccccc21. The van der Waals surface area contributed by atoms with Crippen molar-refractivity contribution in [2.75, 3.05) is 6.54 Å². The number of aryl methyl sites for hydroxylation is 1. The minimum absolute atomic E-state index is 0.117. The highest BCUT2D eigenvalue weighted by molar-refractivity contribution is 6.55. The van der Waals surface area contributed by atoms with E-state index in [1.807, 2.05) is 42.1 Å². The molecule has 0 aliphatic carbocycles. The van der Waals surface area contributed by atoms with Gasteiger partial charge in [-0.15, -0.1) is 0 Å². The molecule has 4 nitrogen and oxygen atoms in total. The van der Waals surface area contributed by atoms with Crippen LogP contribution in [0.4, 0.5) is 0 Å². The Kier molecular flexibility index (Phi) is 4.96. The van der Waals surface area contributed by atoms with Gasteiger partial charge in [0, 0.05) is 41.3 Å². The maximum atomic E-state index is 12.9. The topological polar surface area (TPSA) is 42.3 Å². The number of benzene rings is 2. The molecule has 2 aromatic carbocycles. The van der Waals surface area contributed by atoms with Crippen LogP contribution in [0.1, 0.15) is 11.1 Å². The fourth-order valence-electron chi connectivity index (χ4n) is 3.53. The van der Waals surface area contributed by atoms with Gasteiger partial charge in [0.1, 0.15) is 5.03 Å². The van der Waals surface area contributed by atoms with Crippen molar-refractivity contribution >= 4 is 63.1 Å². The Morgan fingerprint density at radius 1 is 0.964 bits per heavy atom. The molecular formula is C21H15Cl3N2O2. The van der Waals surface area contributed by atoms with Crippen LogP contribution in [0.15, 0.2) is 53.7 Å². The summed E-state index contributed by atoms with van der Waals surface area (Å²) in [6, 6.07) is 12.7. The summed E-state index contributed by atoms with van der Waals surface area (Å²) in [7, 11) is 1.97. The summed E-state index contributed by atoms with van der Waals surface area (Å²) in [4.78, 5) is 26.7. The van der Waals surface area contributed by atoms with Crippen molar-refractivity contribution in [2.24, 2.45) is 7.05 Å². The van der Waals surface area contributed by atoms with Gasteiger partial charge in [0.25, 0.3) is 11.8 Å². The van der Waals surface area contributed by atoms with Crippen molar-refractivity contribution in [2.45, 2.75) is 6.42 Å². The third-order valence-corrected chi connectivity index (χ3v) is 5.79. The van der Waals surface area contributed by atoms with Crippen LogP contribution in [0.5, 0.6) is 0 Å². The number of imide groups is 1. The van der Waals surface area contributed by atoms with Gasteiger partial charge in [-0.3, -0.25) is 14.5 Å². The number of hydrogen-bond acceptors (Lipinski definition) is 2. The summed E-state index contributed by atoms with van der Waals surface area (Å²) in [6.07, 6.45) is 2.55. The number of nitrogens with zero attached hydrogens (tertiary/aromatic N) is 2. The highest BCUT2D eigenvalue weighted by Crippen LogP contribution is 2.36. The van der Waals surface area contributed by atoms with Crippen LogP contribution in [-0.2, 0) is 23.1 Å². The van der Waals surface area contributed by atoms with Crippen LogP contribution in [0.2, 0.25) is 10.0 Å². The molecule has 7 heteroatoms. The van der Waals surface area contributed by atoms with E-state index < -0.39 is 11.8 Å². The molecule has 3 aromatic rings. The van der Waals surface area contributed by atoms with Crippen LogP contribution in [0.3, 0.4) is 0 Å². The normalized spacial score (nSPS) is 14.6. The van der Waals surface area contributed by atoms with E-state index >= 15 is 0 Å². The standard InChI is InChI=1S/C21H15Cl3N2O2/c1-25-11-12(14-4-2-3-5-17(14)25)8-9-26-20(27)18(19(24)21(26)28)15-7-6-13(22)10-16(15)23/h2-7,10-11H,8-9H2,1H3. The summed E-state index contributed by atoms with van der Waals surface area (Å²) in [6.45, 7) is 0.233. The molecule has 0 radical (unpaired) electrons. The molecular weight excluding hydrogens is 419 g/mol. The minimum Gasteiger partial charge on any atom is -0.350 e. The van der Waals surface area contributed by atoms with Crippen molar-refractivity contribution in [3.63, 3.8) is 0 Å². The molecule has 0 spiro atoms. The molecule has 0 saturated carbocycles. The van der Waals surface area contributed by atoms with Gasteiger partial charge in [-0.1, -0.05) is 59.1 Å². The van der Waals surface area contributed by atoms with Crippen molar-refractivity contribution in [3.8, 4) is 0 Å². The predicted octanol–water partition coefficient (Wildman–Crippen LogP) is 5.05. The van der Waals surface area contributed by atoms with Crippen LogP contribution >= 0.6 is 34.8 Å². The van der Waals surface area contributed by atoms with Crippen molar-refractivity contribution in [1.29, 1.82) is 0 Å². The number of hydrogen-bond donors (Lipinski definition) is 0. The second-order valence-corrected chi connectivity index (χ2v) is 7.83. The van der Waals surface area contributed by atoms with Crippen molar-refractivity contribution < 1.29 is 9.59 Å². The average molecular weight is 434 g/mol. The second kappa shape index (κ2) is 7.28. The van der Waals surface area contributed by atoms with E-state index in [9.17, 15) is 9.59 Å². The van der Waals surface area contributed by atoms with Gasteiger partial charge in [0.15, 0.2) is 0 Å². The Morgan fingerprint density at radius 3 is 2.46 bits per heavy atom. The smallest absolute Gasteiger partial charge is 0.273 e. The van der Waals surface area contributed by atoms with Gasteiger partial charge in [0.05, 0.1) is 10.6 Å². The third-order valence-electron chi connectivity index (χ3n) is 4.90. The van der Waals surface area contributed by atoms with Gasteiger partial charge in [-0.2, -0.15) is 0 Å². The zero-order chi connectivity index (χ0) is 20.0. The molecule has 0 bridgehead atoms. The molecule has 0 atom stereocenters. The second-order valence-electron chi connectivity index (χ2n) is 6.61. The molecule has 1 aliphatic heterocycles. The van der Waals surface area contributed by atoms with Crippen molar-refractivity contribution in [1.82, 2.24) is 9.47 Å². The van der Waals surface area contributed by atoms with E-state index in [1.165, 1.54) is 11.0 Å². The zero-order valence-electron chi connectivity index (χ0n) is 14.9. The largest absolute Gasteiger partial charge is 0.350 e. The monoisotopic (exact) mass is 432 g/mol. The molecule has 142 valence electrons. The first-order chi connectivity index (χ1) is 13.4. The first-order valence-corrected chi connectivity index (χ1v) is 9.76. The molecule has 1 aliphatic rings. The lowest BCUT2D eigenvalue weighted by molar-refractivity contribution is -0.136. The van der Waals surface area contributed by atoms with Crippen LogP contribution in [-0.4, -0.2) is 27.8 Å². The van der Waals surface area contributed by atoms with Crippen LogP contribution in [0, 0.1) is 0 Å². The van der Waals surface area contributed by atoms with Crippen LogP contribution in [0.25, 0.3) is 16.5 Å². The van der Waals surface area contributed by atoms with Crippen molar-refractivity contribution in [3.05, 3.63) is 74.9 Å². The number of halogens is 3. The Labute approximate surface area is 176 Å². The lowest BCUT2D eigenvalue weighted by Gasteiger charge is -2.14. The molecule has 0 N–H and O–H groups in total. The van der Waals surface area contributed by atoms with Gasteiger partial charge in [-0.05, 0) is 30.2 Å². The van der Waals surface area contributed by atoms with Gasteiger partial charge in [-0.25, -0.2) is 0 Å². The number of carbonyl (C=O) groups excluding carboxylic acids is 2. The fraction of sp³-hybridized carbons (Fsp3) is 0.143. The van der Waals surface area contributed by atoms with E-state index in [1.54, 1.807) is 12.1 Å². The molecule has 2 heterocycles. The highest BCUT2D eigenvalue weighted by atomic mass is 35.5. The summed E-state index contributed by atoms with van der Waals surface area (Å²) < 4.78 is 2.03. The van der Waals surface area contributed by atoms with E-state index in [0.717, 1.165) is 16.5 Å². The zero-order valence-corrected chi connectivity index (χ0v) is 17.1. The number of rotatable bonds is 4. The fourth-order valence-corrected chi connectivity index (χ4v) is 4.32. The molecule has 0 unspecified atom stereocenters. The average Bonchev–Trinajstić information content (AvgIpc) is 3.09. The first-order valence-electron chi connectivity index (χ1n) is 8.63. The molecule has 0 fully saturated rings. The molecule has 0 saturated heterocycles. The van der Waals surface area contributed by atoms with E-state index in [0.29, 0.717) is 17.0 Å². The summed E-state index contributed by atoms with van der Waals surface area (Å²) in [5, 5.41) is 1.70. The van der Waals surface area contributed by atoms with Gasteiger partial charge >= 0.3 is 0 Å². The quantitative estimate of drug-likeness (QED) is 0.541. The molecule has 2 amide bonds. The van der Waals surface area contributed by atoms with Gasteiger partial charge < -0.3 is 4.57 Å². The van der Waals surface area contributed by atoms with Crippen LogP contribution < -0.4 is 0 Å². The highest BCUT2D eigenvalue weighted by Gasteiger charge is 2.38. The summed E-state index contributed by atoms with van der Waals surface area (Å²) in [5.41, 5.74) is 2.68. The lowest BCUT2D eigenvalue weighted by Crippen LogP contribution is -2.33. The number of aromatic nitrogens is 1. The Morgan fingerprint density at radius 2 is 1.71 bits per heavy atom. The summed E-state index contributed by atoms with van der Waals surface area (Å²) in [5.74, 6) is -0.952. The third kappa shape index (κ3) is 3.12. The molecule has 4 rings (SSSR count). The number of fused-ring (bicyclic) bond motifs is 1. The Balaban J connectivity index is 1.60. The minimum atomic E-state index is -0.507. The number of amides is 2. The summed E-state index contributed by atoms with van der Waals surface area (Å²) >= 11 is 18.4. The maximum absolute atomic E-state index is 12.9. The maximum Gasteiger partial charge on any atom is 0.273 e. The molecule has 1 aromatic heterocycles. The first kappa shape index (κ1) is 19.1. The molecule has 28 heavy (non-hydrogen) atoms. The van der Waals surface area contributed by atoms with E-state index in [2.05, 4.69) is 0 Å². The lowest BCUT2D eigenvalue weighted by atomic mass is 10.1. The number of para-hydroxylation sites is 1. The van der Waals surface area contributed by atoms with Gasteiger partial charge in [0.2, 0.25) is 0 Å². The Bertz CT molecular complexity index is 1160.